The molecule has 0 bridgehead atoms. The van der Waals surface area contributed by atoms with Gasteiger partial charge < -0.3 is 10.6 Å². The average Bonchev–Trinajstić information content (AvgIpc) is 1.99. The van der Waals surface area contributed by atoms with E-state index in [-0.39, 0.29) is 0 Å². The van der Waals surface area contributed by atoms with Crippen LogP contribution in [-0.4, -0.2) is 19.8 Å². The number of benzene rings is 1. The number of rotatable bonds is 2. The van der Waals surface area contributed by atoms with Crippen LogP contribution in [0.25, 0.3) is 0 Å². The second kappa shape index (κ2) is 4.30. The molecule has 0 saturated heterocycles. The van der Waals surface area contributed by atoms with Gasteiger partial charge in [0.25, 0.3) is 0 Å². The zero-order chi connectivity index (χ0) is 11.6. The van der Waals surface area contributed by atoms with Gasteiger partial charge in [-0.1, -0.05) is 15.9 Å². The number of halogens is 4. The van der Waals surface area contributed by atoms with Crippen LogP contribution >= 0.6 is 15.9 Å². The van der Waals surface area contributed by atoms with Crippen molar-refractivity contribution in [2.45, 2.75) is 6.18 Å². The van der Waals surface area contributed by atoms with Crippen molar-refractivity contribution in [2.75, 3.05) is 24.2 Å². The molecule has 0 atom stereocenters. The van der Waals surface area contributed by atoms with Crippen molar-refractivity contribution < 1.29 is 13.2 Å². The topological polar surface area (TPSA) is 29.3 Å². The molecule has 2 N–H and O–H groups in total. The molecule has 0 aliphatic rings. The fourth-order valence-electron chi connectivity index (χ4n) is 1.23. The van der Waals surface area contributed by atoms with E-state index in [9.17, 15) is 13.2 Å². The Morgan fingerprint density at radius 1 is 1.40 bits per heavy atom. The van der Waals surface area contributed by atoms with Crippen LogP contribution in [0.3, 0.4) is 0 Å². The third kappa shape index (κ3) is 3.62. The van der Waals surface area contributed by atoms with Crippen LogP contribution in [0.1, 0.15) is 0 Å². The molecule has 1 aromatic carbocycles. The van der Waals surface area contributed by atoms with E-state index in [1.54, 1.807) is 18.2 Å². The zero-order valence-corrected chi connectivity index (χ0v) is 9.56. The van der Waals surface area contributed by atoms with E-state index in [2.05, 4.69) is 15.9 Å². The maximum absolute atomic E-state index is 12.1. The molecule has 0 heterocycles. The van der Waals surface area contributed by atoms with Crippen LogP contribution in [0.4, 0.5) is 24.5 Å². The van der Waals surface area contributed by atoms with E-state index in [4.69, 9.17) is 5.73 Å². The van der Waals surface area contributed by atoms with E-state index in [0.717, 1.165) is 9.37 Å². The Kier molecular flexibility index (Phi) is 3.49. The number of hydrogen-bond acceptors (Lipinski definition) is 2. The summed E-state index contributed by atoms with van der Waals surface area (Å²) in [7, 11) is 1.35. The lowest BCUT2D eigenvalue weighted by Gasteiger charge is -2.22. The molecule has 6 heteroatoms. The first-order chi connectivity index (χ1) is 6.79. The second-order valence-electron chi connectivity index (χ2n) is 3.17. The molecule has 0 unspecified atom stereocenters. The predicted molar refractivity (Wildman–Crippen MR) is 57.9 cm³/mol. The van der Waals surface area contributed by atoms with Gasteiger partial charge in [-0.15, -0.1) is 0 Å². The first-order valence-electron chi connectivity index (χ1n) is 4.12. The van der Waals surface area contributed by atoms with Gasteiger partial charge in [0, 0.05) is 11.5 Å². The van der Waals surface area contributed by atoms with Crippen LogP contribution in [0.15, 0.2) is 22.7 Å². The van der Waals surface area contributed by atoms with Crippen molar-refractivity contribution in [3.8, 4) is 0 Å². The second-order valence-corrected chi connectivity index (χ2v) is 4.09. The van der Waals surface area contributed by atoms with E-state index < -0.39 is 12.7 Å². The number of nitrogens with two attached hydrogens (primary N) is 1. The van der Waals surface area contributed by atoms with Crippen molar-refractivity contribution in [1.82, 2.24) is 0 Å². The summed E-state index contributed by atoms with van der Waals surface area (Å²) < 4.78 is 37.1. The summed E-state index contributed by atoms with van der Waals surface area (Å²) in [6.07, 6.45) is -4.23. The molecule has 2 nitrogen and oxygen atoms in total. The Hall–Kier alpha value is -0.910. The van der Waals surface area contributed by atoms with E-state index in [0.29, 0.717) is 11.4 Å². The van der Waals surface area contributed by atoms with Gasteiger partial charge in [0.1, 0.15) is 6.54 Å². The van der Waals surface area contributed by atoms with Crippen LogP contribution in [0.5, 0.6) is 0 Å². The number of alkyl halides is 3. The van der Waals surface area contributed by atoms with Crippen molar-refractivity contribution >= 4 is 27.3 Å². The van der Waals surface area contributed by atoms with Gasteiger partial charge in [0.15, 0.2) is 0 Å². The number of nitrogens with zero attached hydrogens (tertiary/aromatic N) is 1. The first-order valence-corrected chi connectivity index (χ1v) is 4.92. The van der Waals surface area contributed by atoms with Crippen LogP contribution in [0.2, 0.25) is 0 Å². The third-order valence-electron chi connectivity index (χ3n) is 1.82. The number of hydrogen-bond donors (Lipinski definition) is 1. The van der Waals surface area contributed by atoms with Crippen molar-refractivity contribution in [1.29, 1.82) is 0 Å². The molecular formula is C9H10BrF3N2. The Balaban J connectivity index is 2.87. The quantitative estimate of drug-likeness (QED) is 0.845. The van der Waals surface area contributed by atoms with Crippen LogP contribution < -0.4 is 10.6 Å². The maximum atomic E-state index is 12.1. The molecule has 0 amide bonds. The molecule has 1 aromatic rings. The highest BCUT2D eigenvalue weighted by Gasteiger charge is 2.29. The highest BCUT2D eigenvalue weighted by atomic mass is 79.9. The van der Waals surface area contributed by atoms with E-state index in [1.165, 1.54) is 7.05 Å². The summed E-state index contributed by atoms with van der Waals surface area (Å²) in [6.45, 7) is -1.02. The molecule has 0 spiro atoms. The Morgan fingerprint density at radius 2 is 2.00 bits per heavy atom. The van der Waals surface area contributed by atoms with Gasteiger partial charge in [0.2, 0.25) is 0 Å². The lowest BCUT2D eigenvalue weighted by atomic mass is 10.2. The molecule has 0 saturated carbocycles. The highest BCUT2D eigenvalue weighted by molar-refractivity contribution is 9.10. The first kappa shape index (κ1) is 12.2. The minimum Gasteiger partial charge on any atom is -0.397 e. The summed E-state index contributed by atoms with van der Waals surface area (Å²) >= 11 is 3.19. The van der Waals surface area contributed by atoms with Crippen molar-refractivity contribution in [2.24, 2.45) is 0 Å². The van der Waals surface area contributed by atoms with Crippen molar-refractivity contribution in [3.05, 3.63) is 22.7 Å². The molecule has 0 fully saturated rings. The summed E-state index contributed by atoms with van der Waals surface area (Å²) in [5, 5.41) is 0. The minimum atomic E-state index is -4.23. The lowest BCUT2D eigenvalue weighted by Crippen LogP contribution is -2.31. The lowest BCUT2D eigenvalue weighted by molar-refractivity contribution is -0.119. The molecule has 15 heavy (non-hydrogen) atoms. The number of anilines is 2. The molecule has 0 aromatic heterocycles. The Bertz CT molecular complexity index is 352. The largest absolute Gasteiger partial charge is 0.405 e. The normalized spacial score (nSPS) is 11.5. The highest BCUT2D eigenvalue weighted by Crippen LogP contribution is 2.28. The minimum absolute atomic E-state index is 0.316. The summed E-state index contributed by atoms with van der Waals surface area (Å²) in [5.41, 5.74) is 6.29. The molecule has 0 aliphatic heterocycles. The van der Waals surface area contributed by atoms with Gasteiger partial charge in [-0.3, -0.25) is 0 Å². The fourth-order valence-corrected chi connectivity index (χ4v) is 1.61. The fraction of sp³-hybridized carbons (Fsp3) is 0.333. The van der Waals surface area contributed by atoms with E-state index >= 15 is 0 Å². The van der Waals surface area contributed by atoms with E-state index in [1.807, 2.05) is 0 Å². The SMILES string of the molecule is CN(CC(F)(F)F)c1ccc(Br)cc1N. The molecule has 0 radical (unpaired) electrons. The maximum Gasteiger partial charge on any atom is 0.405 e. The van der Waals surface area contributed by atoms with Crippen molar-refractivity contribution in [3.63, 3.8) is 0 Å². The number of nitrogen functional groups attached to an aromatic ring is 1. The summed E-state index contributed by atoms with van der Waals surface area (Å²) in [6, 6.07) is 4.77. The van der Waals surface area contributed by atoms with Crippen LogP contribution in [0, 0.1) is 0 Å². The standard InChI is InChI=1S/C9H10BrF3N2/c1-15(5-9(11,12)13)8-3-2-6(10)4-7(8)14/h2-4H,5,14H2,1H3. The smallest absolute Gasteiger partial charge is 0.397 e. The predicted octanol–water partition coefficient (Wildman–Crippen LogP) is 3.03. The van der Waals surface area contributed by atoms with Crippen LogP contribution in [-0.2, 0) is 0 Å². The average molecular weight is 283 g/mol. The molecular weight excluding hydrogens is 273 g/mol. The van der Waals surface area contributed by atoms with Gasteiger partial charge in [-0.25, -0.2) is 0 Å². The molecule has 0 aliphatic carbocycles. The van der Waals surface area contributed by atoms with Gasteiger partial charge in [0.05, 0.1) is 11.4 Å². The van der Waals surface area contributed by atoms with Gasteiger partial charge in [-0.05, 0) is 18.2 Å². The summed E-state index contributed by atoms with van der Waals surface area (Å²) in [5.74, 6) is 0. The molecule has 84 valence electrons. The van der Waals surface area contributed by atoms with Gasteiger partial charge >= 0.3 is 6.18 Å². The van der Waals surface area contributed by atoms with Gasteiger partial charge in [-0.2, -0.15) is 13.2 Å². The molecule has 1 rings (SSSR count). The monoisotopic (exact) mass is 282 g/mol. The zero-order valence-electron chi connectivity index (χ0n) is 7.98. The Labute approximate surface area is 94.0 Å². The Morgan fingerprint density at radius 3 is 2.47 bits per heavy atom. The summed E-state index contributed by atoms with van der Waals surface area (Å²) in [4.78, 5) is 1.07. The third-order valence-corrected chi connectivity index (χ3v) is 2.31.